The van der Waals surface area contributed by atoms with Gasteiger partial charge in [0.2, 0.25) is 0 Å². The zero-order valence-corrected chi connectivity index (χ0v) is 18.3. The fraction of sp³-hybridized carbons (Fsp3) is 0.217. The monoisotopic (exact) mass is 424 g/mol. The molecule has 4 nitrogen and oxygen atoms in total. The Labute approximate surface area is 179 Å². The number of halogens is 1. The lowest BCUT2D eigenvalue weighted by atomic mass is 9.88. The van der Waals surface area contributed by atoms with Crippen LogP contribution in [0.2, 0.25) is 5.02 Å². The number of nitrogens with zero attached hydrogens (tertiary/aromatic N) is 2. The first-order chi connectivity index (χ1) is 13.7. The molecule has 1 fully saturated rings. The molecule has 0 unspecified atom stereocenters. The average molecular weight is 425 g/mol. The number of thioether (sulfide) groups is 1. The number of fused-ring (bicyclic) bond motifs is 1. The molecule has 2 aromatic rings. The smallest absolute Gasteiger partial charge is 0.298 e. The van der Waals surface area contributed by atoms with Crippen molar-refractivity contribution in [2.75, 3.05) is 16.8 Å². The molecule has 0 N–H and O–H groups in total. The summed E-state index contributed by atoms with van der Waals surface area (Å²) in [6.07, 6.45) is 3.93. The van der Waals surface area contributed by atoms with E-state index >= 15 is 0 Å². The number of hydrogen-bond donors (Lipinski definition) is 0. The number of amides is 2. The number of hydrogen-bond acceptors (Lipinski definition) is 4. The second-order valence-corrected chi connectivity index (χ2v) is 9.18. The number of para-hydroxylation sites is 1. The van der Waals surface area contributed by atoms with E-state index in [1.54, 1.807) is 30.3 Å². The van der Waals surface area contributed by atoms with Crippen molar-refractivity contribution in [2.24, 2.45) is 0 Å². The first-order valence-electron chi connectivity index (χ1n) is 9.29. The van der Waals surface area contributed by atoms with Crippen molar-refractivity contribution in [2.45, 2.75) is 26.3 Å². The van der Waals surface area contributed by atoms with Crippen molar-refractivity contribution >= 4 is 57.5 Å². The van der Waals surface area contributed by atoms with Gasteiger partial charge in [-0.05, 0) is 74.0 Å². The van der Waals surface area contributed by atoms with Gasteiger partial charge >= 0.3 is 0 Å². The Kier molecular flexibility index (Phi) is 4.83. The third-order valence-electron chi connectivity index (χ3n) is 5.43. The van der Waals surface area contributed by atoms with Crippen molar-refractivity contribution in [1.82, 2.24) is 0 Å². The Morgan fingerprint density at radius 2 is 1.79 bits per heavy atom. The Bertz CT molecular complexity index is 1090. The van der Waals surface area contributed by atoms with E-state index in [-0.39, 0.29) is 16.7 Å². The van der Waals surface area contributed by atoms with Gasteiger partial charge in [-0.2, -0.15) is 0 Å². The third-order valence-corrected chi connectivity index (χ3v) is 6.63. The van der Waals surface area contributed by atoms with E-state index in [1.807, 2.05) is 25.2 Å². The summed E-state index contributed by atoms with van der Waals surface area (Å²) in [7, 11) is 2.04. The van der Waals surface area contributed by atoms with Crippen LogP contribution in [0.4, 0.5) is 16.2 Å². The number of allylic oxidation sites excluding steroid dienone is 1. The molecule has 1 saturated heterocycles. The molecular formula is C23H21ClN2O2S. The van der Waals surface area contributed by atoms with Gasteiger partial charge < -0.3 is 4.90 Å². The number of carbonyl (C=O) groups is 2. The third kappa shape index (κ3) is 3.38. The molecular weight excluding hydrogens is 404 g/mol. The van der Waals surface area contributed by atoms with E-state index in [0.717, 1.165) is 34.1 Å². The van der Waals surface area contributed by atoms with Crippen LogP contribution in [-0.2, 0) is 4.79 Å². The van der Waals surface area contributed by atoms with Crippen molar-refractivity contribution in [3.8, 4) is 0 Å². The van der Waals surface area contributed by atoms with E-state index in [1.165, 1.54) is 4.90 Å². The number of carbonyl (C=O) groups excluding carboxylic acids is 2. The highest BCUT2D eigenvalue weighted by molar-refractivity contribution is 8.19. The van der Waals surface area contributed by atoms with Gasteiger partial charge in [0.05, 0.1) is 16.1 Å². The fourth-order valence-corrected chi connectivity index (χ4v) is 4.75. The van der Waals surface area contributed by atoms with Gasteiger partial charge in [-0.1, -0.05) is 35.9 Å². The van der Waals surface area contributed by atoms with Crippen molar-refractivity contribution in [1.29, 1.82) is 0 Å². The van der Waals surface area contributed by atoms with Gasteiger partial charge in [0.1, 0.15) is 0 Å². The van der Waals surface area contributed by atoms with E-state index in [0.29, 0.717) is 15.6 Å². The molecule has 0 radical (unpaired) electrons. The van der Waals surface area contributed by atoms with E-state index in [2.05, 4.69) is 31.7 Å². The SMILES string of the molecule is CC1=CC(C)(C)N(C)c2cc(Cl)c(/C=C3/SC(=O)N(c4ccccc4)C3=O)cc21. The average Bonchev–Trinajstić information content (AvgIpc) is 2.95. The molecule has 2 amide bonds. The Morgan fingerprint density at radius 1 is 1.10 bits per heavy atom. The van der Waals surface area contributed by atoms with Crippen LogP contribution in [0.5, 0.6) is 0 Å². The molecule has 6 heteroatoms. The number of likely N-dealkylation sites (N-methyl/N-ethyl adjacent to an activating group) is 1. The molecule has 0 bridgehead atoms. The summed E-state index contributed by atoms with van der Waals surface area (Å²) in [5, 5.41) is 0.242. The summed E-state index contributed by atoms with van der Waals surface area (Å²) in [4.78, 5) is 29.1. The molecule has 2 aromatic carbocycles. The van der Waals surface area contributed by atoms with Crippen molar-refractivity contribution < 1.29 is 9.59 Å². The van der Waals surface area contributed by atoms with Crippen LogP contribution in [-0.4, -0.2) is 23.7 Å². The van der Waals surface area contributed by atoms with Crippen molar-refractivity contribution in [3.05, 3.63) is 69.6 Å². The van der Waals surface area contributed by atoms with Crippen LogP contribution < -0.4 is 9.80 Å². The van der Waals surface area contributed by atoms with E-state index in [9.17, 15) is 9.59 Å². The zero-order valence-electron chi connectivity index (χ0n) is 16.7. The van der Waals surface area contributed by atoms with Crippen LogP contribution in [0.15, 0.2) is 53.4 Å². The second-order valence-electron chi connectivity index (χ2n) is 7.78. The summed E-state index contributed by atoms with van der Waals surface area (Å²) < 4.78 is 0. The molecule has 0 spiro atoms. The first kappa shape index (κ1) is 19.8. The Hall–Kier alpha value is -2.50. The van der Waals surface area contributed by atoms with Crippen molar-refractivity contribution in [3.63, 3.8) is 0 Å². The number of benzene rings is 2. The highest BCUT2D eigenvalue weighted by Crippen LogP contribution is 2.42. The fourth-order valence-electron chi connectivity index (χ4n) is 3.71. The molecule has 4 rings (SSSR count). The van der Waals surface area contributed by atoms with Gasteiger partial charge in [-0.15, -0.1) is 0 Å². The number of rotatable bonds is 2. The van der Waals surface area contributed by atoms with Crippen LogP contribution in [0.3, 0.4) is 0 Å². The molecule has 0 aromatic heterocycles. The standard InChI is InChI=1S/C23H21ClN2O2S/c1-14-13-23(2,3)25(4)19-12-18(24)15(10-17(14)19)11-20-21(27)26(22(28)29-20)16-8-6-5-7-9-16/h5-13H,1-4H3/b20-11+. The maximum absolute atomic E-state index is 12.9. The second kappa shape index (κ2) is 7.08. The topological polar surface area (TPSA) is 40.6 Å². The van der Waals surface area contributed by atoms with Gasteiger partial charge in [0, 0.05) is 23.3 Å². The van der Waals surface area contributed by atoms with Crippen LogP contribution in [0, 0.1) is 0 Å². The lowest BCUT2D eigenvalue weighted by Gasteiger charge is -2.40. The normalized spacial score (nSPS) is 19.6. The Morgan fingerprint density at radius 3 is 2.48 bits per heavy atom. The number of imide groups is 1. The molecule has 29 heavy (non-hydrogen) atoms. The molecule has 0 aliphatic carbocycles. The largest absolute Gasteiger partial charge is 0.365 e. The highest BCUT2D eigenvalue weighted by Gasteiger charge is 2.36. The highest BCUT2D eigenvalue weighted by atomic mass is 35.5. The van der Waals surface area contributed by atoms with Gasteiger partial charge in [-0.3, -0.25) is 9.59 Å². The summed E-state index contributed by atoms with van der Waals surface area (Å²) in [5.41, 5.74) is 4.47. The molecule has 2 heterocycles. The van der Waals surface area contributed by atoms with E-state index < -0.39 is 0 Å². The van der Waals surface area contributed by atoms with Crippen LogP contribution in [0.1, 0.15) is 31.9 Å². The number of anilines is 2. The maximum atomic E-state index is 12.9. The lowest BCUT2D eigenvalue weighted by Crippen LogP contribution is -2.42. The summed E-state index contributed by atoms with van der Waals surface area (Å²) in [6, 6.07) is 12.9. The van der Waals surface area contributed by atoms with Gasteiger partial charge in [0.25, 0.3) is 11.1 Å². The maximum Gasteiger partial charge on any atom is 0.298 e. The lowest BCUT2D eigenvalue weighted by molar-refractivity contribution is -0.113. The minimum Gasteiger partial charge on any atom is -0.365 e. The summed E-state index contributed by atoms with van der Waals surface area (Å²) in [5.74, 6) is -0.328. The summed E-state index contributed by atoms with van der Waals surface area (Å²) >= 11 is 7.51. The quantitative estimate of drug-likeness (QED) is 0.537. The first-order valence-corrected chi connectivity index (χ1v) is 10.5. The zero-order chi connectivity index (χ0) is 20.9. The van der Waals surface area contributed by atoms with E-state index in [4.69, 9.17) is 11.6 Å². The molecule has 0 saturated carbocycles. The predicted molar refractivity (Wildman–Crippen MR) is 122 cm³/mol. The molecule has 148 valence electrons. The van der Waals surface area contributed by atoms with Gasteiger partial charge in [0.15, 0.2) is 0 Å². The molecule has 2 aliphatic rings. The Balaban J connectivity index is 1.74. The minimum atomic E-state index is -0.328. The van der Waals surface area contributed by atoms with Crippen LogP contribution >= 0.6 is 23.4 Å². The minimum absolute atomic E-state index is 0.111. The van der Waals surface area contributed by atoms with Crippen LogP contribution in [0.25, 0.3) is 11.6 Å². The van der Waals surface area contributed by atoms with Gasteiger partial charge in [-0.25, -0.2) is 4.90 Å². The molecule has 2 aliphatic heterocycles. The predicted octanol–water partition coefficient (Wildman–Crippen LogP) is 6.21. The molecule has 0 atom stereocenters. The summed E-state index contributed by atoms with van der Waals surface area (Å²) in [6.45, 7) is 6.39.